The maximum atomic E-state index is 12.2. The number of anilines is 1. The molecule has 0 aromatic heterocycles. The first-order chi connectivity index (χ1) is 11.1. The van der Waals surface area contributed by atoms with Crippen LogP contribution in [-0.2, 0) is 4.79 Å². The third-order valence-corrected chi connectivity index (χ3v) is 4.22. The topological polar surface area (TPSA) is 87.5 Å². The van der Waals surface area contributed by atoms with Gasteiger partial charge in [-0.1, -0.05) is 12.1 Å². The molecule has 1 fully saturated rings. The monoisotopic (exact) mass is 356 g/mol. The van der Waals surface area contributed by atoms with Crippen molar-refractivity contribution in [3.8, 4) is 0 Å². The Hall–Kier alpha value is -1.86. The van der Waals surface area contributed by atoms with Gasteiger partial charge in [0.25, 0.3) is 5.69 Å². The lowest BCUT2D eigenvalue weighted by atomic mass is 9.96. The van der Waals surface area contributed by atoms with Crippen LogP contribution in [0.15, 0.2) is 24.3 Å². The Bertz CT molecular complexity index is 548. The zero-order chi connectivity index (χ0) is 16.7. The summed E-state index contributed by atoms with van der Waals surface area (Å²) in [5.74, 6) is 0.758. The predicted octanol–water partition coefficient (Wildman–Crippen LogP) is 2.28. The number of para-hydroxylation sites is 2. The molecule has 1 aromatic rings. The number of amides is 1. The number of rotatable bonds is 7. The fourth-order valence-electron chi connectivity index (χ4n) is 2.92. The van der Waals surface area contributed by atoms with Crippen molar-refractivity contribution < 1.29 is 9.72 Å². The average Bonchev–Trinajstić information content (AvgIpc) is 2.56. The second-order valence-electron chi connectivity index (χ2n) is 5.83. The van der Waals surface area contributed by atoms with Gasteiger partial charge in [-0.3, -0.25) is 14.9 Å². The number of benzene rings is 1. The average molecular weight is 357 g/mol. The van der Waals surface area contributed by atoms with Gasteiger partial charge < -0.3 is 15.5 Å². The molecule has 1 aliphatic rings. The Balaban J connectivity index is 0.00000288. The highest BCUT2D eigenvalue weighted by atomic mass is 35.5. The molecule has 0 bridgehead atoms. The lowest BCUT2D eigenvalue weighted by Gasteiger charge is -2.32. The van der Waals surface area contributed by atoms with Crippen LogP contribution in [0.3, 0.4) is 0 Å². The smallest absolute Gasteiger partial charge is 0.292 e. The van der Waals surface area contributed by atoms with E-state index in [2.05, 4.69) is 10.6 Å². The number of hydrogen-bond donors (Lipinski definition) is 2. The SMILES string of the molecule is CNCC1CCN(C(=O)CCNc2ccccc2[N+](=O)[O-])CC1.Cl. The van der Waals surface area contributed by atoms with E-state index in [9.17, 15) is 14.9 Å². The number of carbonyl (C=O) groups excluding carboxylic acids is 1. The number of hydrogen-bond acceptors (Lipinski definition) is 5. The molecule has 1 aliphatic heterocycles. The standard InChI is InChI=1S/C16H24N4O3.ClH/c1-17-12-13-7-10-19(11-8-13)16(21)6-9-18-14-4-2-3-5-15(14)20(22)23;/h2-5,13,17-18H,6-12H2,1H3;1H. The molecule has 0 radical (unpaired) electrons. The van der Waals surface area contributed by atoms with E-state index in [-0.39, 0.29) is 24.0 Å². The van der Waals surface area contributed by atoms with Gasteiger partial charge in [0.15, 0.2) is 0 Å². The molecule has 0 aliphatic carbocycles. The normalized spacial score (nSPS) is 14.8. The quantitative estimate of drug-likeness (QED) is 0.578. The van der Waals surface area contributed by atoms with Gasteiger partial charge in [-0.2, -0.15) is 0 Å². The molecule has 1 saturated heterocycles. The number of carbonyl (C=O) groups is 1. The maximum absolute atomic E-state index is 12.2. The largest absolute Gasteiger partial charge is 0.379 e. The number of nitrogens with one attached hydrogen (secondary N) is 2. The van der Waals surface area contributed by atoms with Crippen LogP contribution in [0.25, 0.3) is 0 Å². The molecular weight excluding hydrogens is 332 g/mol. The van der Waals surface area contributed by atoms with Crippen LogP contribution in [0.4, 0.5) is 11.4 Å². The Morgan fingerprint density at radius 1 is 1.33 bits per heavy atom. The molecule has 2 rings (SSSR count). The minimum Gasteiger partial charge on any atom is -0.379 e. The molecular formula is C16H25ClN4O3. The molecule has 8 heteroatoms. The number of piperidine rings is 1. The first kappa shape index (κ1) is 20.2. The van der Waals surface area contributed by atoms with Crippen molar-refractivity contribution in [2.45, 2.75) is 19.3 Å². The van der Waals surface area contributed by atoms with Crippen LogP contribution in [0.2, 0.25) is 0 Å². The number of nitrogens with zero attached hydrogens (tertiary/aromatic N) is 2. The highest BCUT2D eigenvalue weighted by Crippen LogP contribution is 2.23. The van der Waals surface area contributed by atoms with E-state index < -0.39 is 4.92 Å². The second-order valence-corrected chi connectivity index (χ2v) is 5.83. The van der Waals surface area contributed by atoms with Gasteiger partial charge in [0.05, 0.1) is 4.92 Å². The van der Waals surface area contributed by atoms with Gasteiger partial charge in [-0.15, -0.1) is 12.4 Å². The third kappa shape index (κ3) is 5.65. The first-order valence-electron chi connectivity index (χ1n) is 8.01. The van der Waals surface area contributed by atoms with Crippen molar-refractivity contribution in [1.82, 2.24) is 10.2 Å². The fraction of sp³-hybridized carbons (Fsp3) is 0.562. The zero-order valence-corrected chi connectivity index (χ0v) is 14.7. The van der Waals surface area contributed by atoms with Gasteiger partial charge >= 0.3 is 0 Å². The Morgan fingerprint density at radius 2 is 2.00 bits per heavy atom. The molecule has 1 aromatic carbocycles. The Labute approximate surface area is 148 Å². The number of nitro benzene ring substituents is 1. The van der Waals surface area contributed by atoms with Crippen LogP contribution in [0.5, 0.6) is 0 Å². The van der Waals surface area contributed by atoms with E-state index in [1.165, 1.54) is 6.07 Å². The molecule has 0 unspecified atom stereocenters. The van der Waals surface area contributed by atoms with Crippen LogP contribution in [0, 0.1) is 16.0 Å². The highest BCUT2D eigenvalue weighted by molar-refractivity contribution is 5.85. The summed E-state index contributed by atoms with van der Waals surface area (Å²) in [4.78, 5) is 24.6. The van der Waals surface area contributed by atoms with Gasteiger partial charge in [0.2, 0.25) is 5.91 Å². The number of likely N-dealkylation sites (tertiary alicyclic amines) is 1. The zero-order valence-electron chi connectivity index (χ0n) is 13.9. The Kier molecular flexibility index (Phi) is 8.49. The summed E-state index contributed by atoms with van der Waals surface area (Å²) in [6.07, 6.45) is 2.41. The molecule has 0 atom stereocenters. The predicted molar refractivity (Wildman–Crippen MR) is 96.7 cm³/mol. The van der Waals surface area contributed by atoms with Gasteiger partial charge in [0, 0.05) is 32.1 Å². The minimum absolute atomic E-state index is 0. The molecule has 0 saturated carbocycles. The summed E-state index contributed by atoms with van der Waals surface area (Å²) < 4.78 is 0. The summed E-state index contributed by atoms with van der Waals surface area (Å²) in [5.41, 5.74) is 0.492. The maximum Gasteiger partial charge on any atom is 0.292 e. The van der Waals surface area contributed by atoms with Crippen molar-refractivity contribution in [2.75, 3.05) is 38.5 Å². The van der Waals surface area contributed by atoms with E-state index in [0.29, 0.717) is 24.6 Å². The summed E-state index contributed by atoms with van der Waals surface area (Å²) in [7, 11) is 1.95. The second kappa shape index (κ2) is 10.1. The van der Waals surface area contributed by atoms with Gasteiger partial charge in [-0.25, -0.2) is 0 Å². The molecule has 1 amide bonds. The highest BCUT2D eigenvalue weighted by Gasteiger charge is 2.22. The van der Waals surface area contributed by atoms with E-state index in [1.54, 1.807) is 18.2 Å². The summed E-state index contributed by atoms with van der Waals surface area (Å²) in [5, 5.41) is 17.1. The van der Waals surface area contributed by atoms with Crippen molar-refractivity contribution in [3.63, 3.8) is 0 Å². The van der Waals surface area contributed by atoms with Crippen LogP contribution in [-0.4, -0.2) is 49.0 Å². The van der Waals surface area contributed by atoms with Crippen molar-refractivity contribution >= 4 is 29.7 Å². The van der Waals surface area contributed by atoms with E-state index in [1.807, 2.05) is 11.9 Å². The van der Waals surface area contributed by atoms with Gasteiger partial charge in [0.1, 0.15) is 5.69 Å². The first-order valence-corrected chi connectivity index (χ1v) is 8.01. The Morgan fingerprint density at radius 3 is 2.62 bits per heavy atom. The van der Waals surface area contributed by atoms with Crippen molar-refractivity contribution in [3.05, 3.63) is 34.4 Å². The van der Waals surface area contributed by atoms with Crippen molar-refractivity contribution in [1.29, 1.82) is 0 Å². The van der Waals surface area contributed by atoms with E-state index in [4.69, 9.17) is 0 Å². The molecule has 0 spiro atoms. The summed E-state index contributed by atoms with van der Waals surface area (Å²) >= 11 is 0. The lowest BCUT2D eigenvalue weighted by molar-refractivity contribution is -0.384. The van der Waals surface area contributed by atoms with Crippen LogP contribution in [0.1, 0.15) is 19.3 Å². The van der Waals surface area contributed by atoms with Crippen LogP contribution >= 0.6 is 12.4 Å². The van der Waals surface area contributed by atoms with Crippen molar-refractivity contribution in [2.24, 2.45) is 5.92 Å². The van der Waals surface area contributed by atoms with E-state index >= 15 is 0 Å². The summed E-state index contributed by atoms with van der Waals surface area (Å²) in [6.45, 7) is 3.01. The molecule has 7 nitrogen and oxygen atoms in total. The van der Waals surface area contributed by atoms with E-state index in [0.717, 1.165) is 32.5 Å². The molecule has 2 N–H and O–H groups in total. The van der Waals surface area contributed by atoms with Gasteiger partial charge in [-0.05, 0) is 38.4 Å². The molecule has 24 heavy (non-hydrogen) atoms. The molecule has 1 heterocycles. The lowest BCUT2D eigenvalue weighted by Crippen LogP contribution is -2.40. The number of nitro groups is 1. The minimum atomic E-state index is -0.420. The molecule has 134 valence electrons. The fourth-order valence-corrected chi connectivity index (χ4v) is 2.92. The summed E-state index contributed by atoms with van der Waals surface area (Å²) in [6, 6.07) is 6.48. The third-order valence-electron chi connectivity index (χ3n) is 4.22. The van der Waals surface area contributed by atoms with Crippen LogP contribution < -0.4 is 10.6 Å². The number of halogens is 1.